The molecule has 1 aliphatic heterocycles. The predicted octanol–water partition coefficient (Wildman–Crippen LogP) is 2.66. The largest absolute Gasteiger partial charge is 0.390 e. The average molecular weight is 332 g/mol. The zero-order valence-corrected chi connectivity index (χ0v) is 13.7. The van der Waals surface area contributed by atoms with Crippen LogP contribution >= 0.6 is 0 Å². The van der Waals surface area contributed by atoms with Crippen molar-refractivity contribution >= 4 is 9.84 Å². The lowest BCUT2D eigenvalue weighted by Crippen LogP contribution is -2.42. The van der Waals surface area contributed by atoms with E-state index in [4.69, 9.17) is 4.74 Å². The van der Waals surface area contributed by atoms with Crippen LogP contribution in [0.5, 0.6) is 0 Å². The number of benzene rings is 2. The van der Waals surface area contributed by atoms with Crippen molar-refractivity contribution in [1.82, 2.24) is 0 Å². The molecule has 2 aromatic rings. The molecule has 0 aliphatic carbocycles. The second-order valence-corrected chi connectivity index (χ2v) is 8.23. The Balaban J connectivity index is 1.98. The summed E-state index contributed by atoms with van der Waals surface area (Å²) in [6.07, 6.45) is -0.596. The maximum Gasteiger partial charge on any atom is 0.153 e. The molecule has 3 rings (SSSR count). The lowest BCUT2D eigenvalue weighted by molar-refractivity contribution is -0.119. The molecule has 4 atom stereocenters. The lowest BCUT2D eigenvalue weighted by Gasteiger charge is -2.39. The van der Waals surface area contributed by atoms with Crippen LogP contribution in [0.4, 0.5) is 0 Å². The quantitative estimate of drug-likeness (QED) is 0.938. The van der Waals surface area contributed by atoms with Crippen molar-refractivity contribution in [2.75, 3.05) is 6.26 Å². The lowest BCUT2D eigenvalue weighted by atomic mass is 9.92. The topological polar surface area (TPSA) is 63.6 Å². The molecule has 1 N–H and O–H groups in total. The van der Waals surface area contributed by atoms with Crippen LogP contribution in [0.25, 0.3) is 0 Å². The van der Waals surface area contributed by atoms with E-state index in [1.165, 1.54) is 6.26 Å². The van der Waals surface area contributed by atoms with E-state index >= 15 is 0 Å². The number of rotatable bonds is 3. The Bertz CT molecular complexity index is 743. The molecule has 0 aromatic heterocycles. The van der Waals surface area contributed by atoms with Crippen LogP contribution in [0, 0.1) is 0 Å². The zero-order valence-electron chi connectivity index (χ0n) is 12.9. The molecule has 1 heterocycles. The van der Waals surface area contributed by atoms with E-state index < -0.39 is 33.4 Å². The number of aliphatic hydroxyl groups is 1. The highest BCUT2D eigenvalue weighted by atomic mass is 32.2. The zero-order chi connectivity index (χ0) is 16.4. The first-order valence-corrected chi connectivity index (χ1v) is 9.54. The van der Waals surface area contributed by atoms with Crippen LogP contribution in [0.3, 0.4) is 0 Å². The van der Waals surface area contributed by atoms with Crippen molar-refractivity contribution < 1.29 is 18.3 Å². The molecule has 0 spiro atoms. The number of aliphatic hydroxyl groups excluding tert-OH is 1. The minimum Gasteiger partial charge on any atom is -0.390 e. The van der Waals surface area contributed by atoms with Crippen molar-refractivity contribution in [3.05, 3.63) is 71.8 Å². The summed E-state index contributed by atoms with van der Waals surface area (Å²) in [4.78, 5) is 0. The molecule has 23 heavy (non-hydrogen) atoms. The minimum absolute atomic E-state index is 0.165. The fourth-order valence-electron chi connectivity index (χ4n) is 3.10. The van der Waals surface area contributed by atoms with Crippen LogP contribution in [-0.2, 0) is 14.6 Å². The number of hydrogen-bond donors (Lipinski definition) is 1. The third kappa shape index (κ3) is 3.47. The van der Waals surface area contributed by atoms with Crippen LogP contribution in [-0.4, -0.2) is 31.1 Å². The Morgan fingerprint density at radius 1 is 0.913 bits per heavy atom. The summed E-state index contributed by atoms with van der Waals surface area (Å²) < 4.78 is 30.4. The van der Waals surface area contributed by atoms with Gasteiger partial charge in [0, 0.05) is 6.26 Å². The average Bonchev–Trinajstić information content (AvgIpc) is 2.55. The first-order valence-electron chi connectivity index (χ1n) is 7.59. The van der Waals surface area contributed by atoms with E-state index in [1.807, 2.05) is 60.7 Å². The van der Waals surface area contributed by atoms with E-state index in [2.05, 4.69) is 0 Å². The maximum absolute atomic E-state index is 12.2. The molecular formula is C18H20O4S. The molecule has 0 unspecified atom stereocenters. The molecule has 2 aromatic carbocycles. The molecule has 1 fully saturated rings. The summed E-state index contributed by atoms with van der Waals surface area (Å²) in [6, 6.07) is 18.8. The van der Waals surface area contributed by atoms with Crippen LogP contribution < -0.4 is 0 Å². The van der Waals surface area contributed by atoms with Gasteiger partial charge in [-0.05, 0) is 17.5 Å². The van der Waals surface area contributed by atoms with E-state index in [1.54, 1.807) is 0 Å². The molecule has 0 bridgehead atoms. The second-order valence-electron chi connectivity index (χ2n) is 5.97. The van der Waals surface area contributed by atoms with E-state index in [-0.39, 0.29) is 6.42 Å². The standard InChI is InChI=1S/C18H20O4S/c1-23(20,21)16-12-15(19)17(13-8-4-2-5-9-13)22-18(16)14-10-6-3-7-11-14/h2-11,15-19H,12H2,1H3/t15-,16-,17+,18-/m0/s1. The molecule has 0 saturated carbocycles. The van der Waals surface area contributed by atoms with Crippen molar-refractivity contribution in [3.8, 4) is 0 Å². The van der Waals surface area contributed by atoms with Gasteiger partial charge in [-0.25, -0.2) is 8.42 Å². The van der Waals surface area contributed by atoms with Crippen molar-refractivity contribution in [1.29, 1.82) is 0 Å². The number of ether oxygens (including phenoxy) is 1. The van der Waals surface area contributed by atoms with Gasteiger partial charge in [0.2, 0.25) is 0 Å². The van der Waals surface area contributed by atoms with Gasteiger partial charge in [-0.3, -0.25) is 0 Å². The molecule has 1 saturated heterocycles. The molecule has 122 valence electrons. The first kappa shape index (κ1) is 16.2. The molecule has 0 radical (unpaired) electrons. The summed E-state index contributed by atoms with van der Waals surface area (Å²) in [7, 11) is -3.35. The van der Waals surface area contributed by atoms with Crippen molar-refractivity contribution in [3.63, 3.8) is 0 Å². The van der Waals surface area contributed by atoms with Gasteiger partial charge in [-0.1, -0.05) is 60.7 Å². The Labute approximate surface area is 136 Å². The summed E-state index contributed by atoms with van der Waals surface area (Å²) >= 11 is 0. The monoisotopic (exact) mass is 332 g/mol. The van der Waals surface area contributed by atoms with Gasteiger partial charge in [0.05, 0.1) is 11.4 Å². The summed E-state index contributed by atoms with van der Waals surface area (Å²) in [5, 5.41) is 9.68. The van der Waals surface area contributed by atoms with Crippen LogP contribution in [0.2, 0.25) is 0 Å². The normalized spacial score (nSPS) is 28.4. The van der Waals surface area contributed by atoms with Gasteiger partial charge in [-0.2, -0.15) is 0 Å². The molecule has 4 nitrogen and oxygen atoms in total. The number of sulfone groups is 1. The van der Waals surface area contributed by atoms with Crippen LogP contribution in [0.15, 0.2) is 60.7 Å². The summed E-state index contributed by atoms with van der Waals surface area (Å²) in [5.74, 6) is 0. The van der Waals surface area contributed by atoms with Gasteiger partial charge in [-0.15, -0.1) is 0 Å². The van der Waals surface area contributed by atoms with E-state index in [9.17, 15) is 13.5 Å². The van der Waals surface area contributed by atoms with E-state index in [0.717, 1.165) is 11.1 Å². The highest BCUT2D eigenvalue weighted by Gasteiger charge is 2.43. The summed E-state index contributed by atoms with van der Waals surface area (Å²) in [6.45, 7) is 0. The molecule has 1 aliphatic rings. The third-order valence-corrected chi connectivity index (χ3v) is 5.80. The Morgan fingerprint density at radius 2 is 1.39 bits per heavy atom. The molecule has 0 amide bonds. The predicted molar refractivity (Wildman–Crippen MR) is 88.7 cm³/mol. The van der Waals surface area contributed by atoms with E-state index in [0.29, 0.717) is 0 Å². The Morgan fingerprint density at radius 3 is 1.87 bits per heavy atom. The molecular weight excluding hydrogens is 312 g/mol. The Hall–Kier alpha value is -1.69. The van der Waals surface area contributed by atoms with Crippen molar-refractivity contribution in [2.24, 2.45) is 0 Å². The molecule has 5 heteroatoms. The van der Waals surface area contributed by atoms with Crippen LogP contribution in [0.1, 0.15) is 29.8 Å². The van der Waals surface area contributed by atoms with Gasteiger partial charge >= 0.3 is 0 Å². The fraction of sp³-hybridized carbons (Fsp3) is 0.333. The summed E-state index contributed by atoms with van der Waals surface area (Å²) in [5.41, 5.74) is 1.67. The SMILES string of the molecule is CS(=O)(=O)[C@H]1C[C@H](O)[C@@H](c2ccccc2)O[C@H]1c1ccccc1. The van der Waals surface area contributed by atoms with Crippen molar-refractivity contribution in [2.45, 2.75) is 30.0 Å². The van der Waals surface area contributed by atoms with Gasteiger partial charge in [0.15, 0.2) is 9.84 Å². The highest BCUT2D eigenvalue weighted by Crippen LogP contribution is 2.41. The number of hydrogen-bond acceptors (Lipinski definition) is 4. The second kappa shape index (κ2) is 6.43. The third-order valence-electron chi connectivity index (χ3n) is 4.26. The van der Waals surface area contributed by atoms with Gasteiger partial charge < -0.3 is 9.84 Å². The first-order chi connectivity index (χ1) is 11.0. The highest BCUT2D eigenvalue weighted by molar-refractivity contribution is 7.91. The van der Waals surface area contributed by atoms with Gasteiger partial charge in [0.25, 0.3) is 0 Å². The van der Waals surface area contributed by atoms with Gasteiger partial charge in [0.1, 0.15) is 12.2 Å². The fourth-order valence-corrected chi connectivity index (χ4v) is 4.32. The maximum atomic E-state index is 12.2. The smallest absolute Gasteiger partial charge is 0.153 e. The minimum atomic E-state index is -3.35. The Kier molecular flexibility index (Phi) is 4.53.